The highest BCUT2D eigenvalue weighted by Gasteiger charge is 2.03. The standard InChI is InChI=1S/C19H25ClN4O2/c1-3-22-19(24-11-12-26-17-5-4-9-21-14-17)23-10-8-15-6-7-16(25-2)13-18(15)20/h4-7,9,13-14H,3,8,10-12H2,1-2H3,(H2,22,23,24). The summed E-state index contributed by atoms with van der Waals surface area (Å²) in [5, 5.41) is 7.17. The van der Waals surface area contributed by atoms with Crippen LogP contribution in [0.3, 0.4) is 0 Å². The Morgan fingerprint density at radius 3 is 2.81 bits per heavy atom. The lowest BCUT2D eigenvalue weighted by Crippen LogP contribution is -2.39. The summed E-state index contributed by atoms with van der Waals surface area (Å²) < 4.78 is 10.8. The molecule has 0 fully saturated rings. The van der Waals surface area contributed by atoms with E-state index in [-0.39, 0.29) is 0 Å². The van der Waals surface area contributed by atoms with Gasteiger partial charge in [-0.25, -0.2) is 0 Å². The molecule has 140 valence electrons. The smallest absolute Gasteiger partial charge is 0.191 e. The number of halogens is 1. The average Bonchev–Trinajstić information content (AvgIpc) is 2.67. The number of ether oxygens (including phenoxy) is 2. The molecule has 1 aromatic heterocycles. The summed E-state index contributed by atoms with van der Waals surface area (Å²) in [4.78, 5) is 8.59. The van der Waals surface area contributed by atoms with Crippen molar-refractivity contribution in [1.82, 2.24) is 15.6 Å². The molecule has 0 amide bonds. The van der Waals surface area contributed by atoms with E-state index in [1.165, 1.54) is 0 Å². The second kappa shape index (κ2) is 11.2. The highest BCUT2D eigenvalue weighted by molar-refractivity contribution is 6.31. The van der Waals surface area contributed by atoms with Gasteiger partial charge in [-0.05, 0) is 43.2 Å². The van der Waals surface area contributed by atoms with Crippen LogP contribution < -0.4 is 20.1 Å². The maximum absolute atomic E-state index is 6.26. The van der Waals surface area contributed by atoms with Crippen molar-refractivity contribution in [2.75, 3.05) is 33.4 Å². The van der Waals surface area contributed by atoms with Crippen molar-refractivity contribution in [3.05, 3.63) is 53.3 Å². The Hall–Kier alpha value is -2.47. The summed E-state index contributed by atoms with van der Waals surface area (Å²) in [6.45, 7) is 4.62. The van der Waals surface area contributed by atoms with E-state index in [1.54, 1.807) is 19.5 Å². The van der Waals surface area contributed by atoms with Crippen LogP contribution in [0.2, 0.25) is 5.02 Å². The lowest BCUT2D eigenvalue weighted by Gasteiger charge is -2.12. The summed E-state index contributed by atoms with van der Waals surface area (Å²) in [7, 11) is 1.63. The van der Waals surface area contributed by atoms with E-state index in [1.807, 2.05) is 37.3 Å². The van der Waals surface area contributed by atoms with Crippen LogP contribution in [0.1, 0.15) is 12.5 Å². The largest absolute Gasteiger partial charge is 0.497 e. The third-order valence-electron chi connectivity index (χ3n) is 3.55. The van der Waals surface area contributed by atoms with Gasteiger partial charge in [-0.3, -0.25) is 9.98 Å². The fraction of sp³-hybridized carbons (Fsp3) is 0.368. The molecule has 2 aromatic rings. The summed E-state index contributed by atoms with van der Waals surface area (Å²) in [5.41, 5.74) is 1.05. The predicted octanol–water partition coefficient (Wildman–Crippen LogP) is 2.92. The molecular weight excluding hydrogens is 352 g/mol. The van der Waals surface area contributed by atoms with E-state index < -0.39 is 0 Å². The molecule has 1 aromatic carbocycles. The maximum atomic E-state index is 6.26. The molecule has 26 heavy (non-hydrogen) atoms. The van der Waals surface area contributed by atoms with Gasteiger partial charge >= 0.3 is 0 Å². The first-order valence-corrected chi connectivity index (χ1v) is 8.98. The Morgan fingerprint density at radius 2 is 2.12 bits per heavy atom. The number of aliphatic imine (C=N–C) groups is 1. The number of methoxy groups -OCH3 is 1. The minimum absolute atomic E-state index is 0.528. The number of pyridine rings is 1. The highest BCUT2D eigenvalue weighted by Crippen LogP contribution is 2.22. The molecule has 0 spiro atoms. The molecule has 0 saturated heterocycles. The number of rotatable bonds is 9. The zero-order chi connectivity index (χ0) is 18.6. The second-order valence-corrected chi connectivity index (χ2v) is 5.84. The molecule has 0 aliphatic rings. The minimum atomic E-state index is 0.528. The van der Waals surface area contributed by atoms with Gasteiger partial charge in [0, 0.05) is 24.3 Å². The van der Waals surface area contributed by atoms with Crippen molar-refractivity contribution < 1.29 is 9.47 Å². The van der Waals surface area contributed by atoms with Crippen LogP contribution in [0.25, 0.3) is 0 Å². The van der Waals surface area contributed by atoms with E-state index in [4.69, 9.17) is 21.1 Å². The number of hydrogen-bond acceptors (Lipinski definition) is 4. The first-order chi connectivity index (χ1) is 12.7. The Labute approximate surface area is 159 Å². The number of aromatic nitrogens is 1. The third kappa shape index (κ3) is 6.80. The van der Waals surface area contributed by atoms with Gasteiger partial charge in [0.05, 0.1) is 19.9 Å². The fourth-order valence-electron chi connectivity index (χ4n) is 2.26. The molecule has 0 saturated carbocycles. The first kappa shape index (κ1) is 19.8. The normalized spacial score (nSPS) is 11.1. The Balaban J connectivity index is 1.78. The van der Waals surface area contributed by atoms with Gasteiger partial charge in [0.2, 0.25) is 0 Å². The fourth-order valence-corrected chi connectivity index (χ4v) is 2.52. The zero-order valence-electron chi connectivity index (χ0n) is 15.2. The molecule has 0 atom stereocenters. The molecule has 0 aliphatic carbocycles. The Morgan fingerprint density at radius 1 is 1.23 bits per heavy atom. The van der Waals surface area contributed by atoms with Crippen molar-refractivity contribution in [3.8, 4) is 11.5 Å². The topological polar surface area (TPSA) is 67.8 Å². The van der Waals surface area contributed by atoms with Crippen molar-refractivity contribution in [2.24, 2.45) is 4.99 Å². The number of hydrogen-bond donors (Lipinski definition) is 2. The summed E-state index contributed by atoms with van der Waals surface area (Å²) in [6, 6.07) is 9.42. The van der Waals surface area contributed by atoms with Crippen LogP contribution in [0.4, 0.5) is 0 Å². The van der Waals surface area contributed by atoms with E-state index in [2.05, 4.69) is 20.6 Å². The van der Waals surface area contributed by atoms with Gasteiger partial charge in [0.1, 0.15) is 18.1 Å². The van der Waals surface area contributed by atoms with Gasteiger partial charge in [-0.2, -0.15) is 0 Å². The summed E-state index contributed by atoms with van der Waals surface area (Å²) in [5.74, 6) is 2.27. The molecule has 0 radical (unpaired) electrons. The number of nitrogens with zero attached hydrogens (tertiary/aromatic N) is 2. The summed E-state index contributed by atoms with van der Waals surface area (Å²) in [6.07, 6.45) is 4.17. The number of nitrogens with one attached hydrogen (secondary N) is 2. The van der Waals surface area contributed by atoms with E-state index >= 15 is 0 Å². The molecule has 2 N–H and O–H groups in total. The van der Waals surface area contributed by atoms with Crippen LogP contribution in [0, 0.1) is 0 Å². The highest BCUT2D eigenvalue weighted by atomic mass is 35.5. The molecule has 7 heteroatoms. The minimum Gasteiger partial charge on any atom is -0.497 e. The third-order valence-corrected chi connectivity index (χ3v) is 3.90. The molecule has 2 rings (SSSR count). The van der Waals surface area contributed by atoms with Gasteiger partial charge in [0.25, 0.3) is 0 Å². The van der Waals surface area contributed by atoms with Gasteiger partial charge in [-0.15, -0.1) is 0 Å². The van der Waals surface area contributed by atoms with Crippen molar-refractivity contribution in [3.63, 3.8) is 0 Å². The average molecular weight is 377 g/mol. The summed E-state index contributed by atoms with van der Waals surface area (Å²) >= 11 is 6.26. The van der Waals surface area contributed by atoms with E-state index in [0.29, 0.717) is 24.7 Å². The molecule has 0 unspecified atom stereocenters. The Kier molecular flexibility index (Phi) is 8.55. The van der Waals surface area contributed by atoms with Crippen LogP contribution in [0.15, 0.2) is 47.7 Å². The van der Waals surface area contributed by atoms with Crippen LogP contribution >= 0.6 is 11.6 Å². The monoisotopic (exact) mass is 376 g/mol. The van der Waals surface area contributed by atoms with Crippen molar-refractivity contribution in [1.29, 1.82) is 0 Å². The molecule has 0 aliphatic heterocycles. The van der Waals surface area contributed by atoms with Gasteiger partial charge in [0.15, 0.2) is 5.96 Å². The molecule has 6 nitrogen and oxygen atoms in total. The molecular formula is C19H25ClN4O2. The number of guanidine groups is 1. The second-order valence-electron chi connectivity index (χ2n) is 5.43. The Bertz CT molecular complexity index is 695. The number of benzene rings is 1. The first-order valence-electron chi connectivity index (χ1n) is 8.60. The van der Waals surface area contributed by atoms with E-state index in [0.717, 1.165) is 36.0 Å². The van der Waals surface area contributed by atoms with Crippen LogP contribution in [-0.4, -0.2) is 44.3 Å². The van der Waals surface area contributed by atoms with Crippen molar-refractivity contribution in [2.45, 2.75) is 13.3 Å². The SMILES string of the molecule is CCNC(=NCCc1ccc(OC)cc1Cl)NCCOc1cccnc1. The van der Waals surface area contributed by atoms with Gasteiger partial charge < -0.3 is 20.1 Å². The molecule has 1 heterocycles. The van der Waals surface area contributed by atoms with Crippen LogP contribution in [0.5, 0.6) is 11.5 Å². The lowest BCUT2D eigenvalue weighted by molar-refractivity contribution is 0.320. The quantitative estimate of drug-likeness (QED) is 0.400. The maximum Gasteiger partial charge on any atom is 0.191 e. The lowest BCUT2D eigenvalue weighted by atomic mass is 10.1. The van der Waals surface area contributed by atoms with Crippen molar-refractivity contribution >= 4 is 17.6 Å². The zero-order valence-corrected chi connectivity index (χ0v) is 15.9. The predicted molar refractivity (Wildman–Crippen MR) is 105 cm³/mol. The molecule has 0 bridgehead atoms. The van der Waals surface area contributed by atoms with E-state index in [9.17, 15) is 0 Å². The van der Waals surface area contributed by atoms with Gasteiger partial charge in [-0.1, -0.05) is 17.7 Å². The van der Waals surface area contributed by atoms with Crippen LogP contribution in [-0.2, 0) is 6.42 Å².